The first kappa shape index (κ1) is 11.4. The lowest BCUT2D eigenvalue weighted by molar-refractivity contribution is 0.382. The van der Waals surface area contributed by atoms with Gasteiger partial charge in [0, 0.05) is 6.54 Å². The maximum atomic E-state index is 5.77. The van der Waals surface area contributed by atoms with Gasteiger partial charge in [0.05, 0.1) is 6.00 Å². The van der Waals surface area contributed by atoms with Crippen LogP contribution in [0.25, 0.3) is 10.8 Å². The quantitative estimate of drug-likeness (QED) is 0.576. The third-order valence-electron chi connectivity index (χ3n) is 2.72. The lowest BCUT2D eigenvalue weighted by atomic mass is 10.0. The summed E-state index contributed by atoms with van der Waals surface area (Å²) in [4.78, 5) is 2.08. The molecule has 0 unspecified atom stereocenters. The first-order valence-electron chi connectivity index (χ1n) is 5.43. The molecule has 2 rings (SSSR count). The van der Waals surface area contributed by atoms with E-state index in [-0.39, 0.29) is 0 Å². The summed E-state index contributed by atoms with van der Waals surface area (Å²) in [5, 5.41) is 2.60. The average molecular weight is 234 g/mol. The Morgan fingerprint density at radius 1 is 1.06 bits per heavy atom. The lowest BCUT2D eigenvalue weighted by Crippen LogP contribution is -2.15. The third-order valence-corrected chi connectivity index (χ3v) is 3.12. The zero-order valence-corrected chi connectivity index (χ0v) is 10.5. The van der Waals surface area contributed by atoms with Gasteiger partial charge in [-0.25, -0.2) is 0 Å². The topological polar surface area (TPSA) is 3.24 Å². The van der Waals surface area contributed by atoms with Crippen LogP contribution in [0.4, 0.5) is 0 Å². The van der Waals surface area contributed by atoms with E-state index in [0.29, 0.717) is 6.00 Å². The van der Waals surface area contributed by atoms with Gasteiger partial charge in [-0.2, -0.15) is 0 Å². The van der Waals surface area contributed by atoms with Crippen LogP contribution in [-0.4, -0.2) is 18.0 Å². The van der Waals surface area contributed by atoms with Crippen molar-refractivity contribution in [1.29, 1.82) is 0 Å². The van der Waals surface area contributed by atoms with Crippen molar-refractivity contribution in [1.82, 2.24) is 4.90 Å². The Kier molecular flexibility index (Phi) is 3.47. The molecule has 1 nitrogen and oxygen atoms in total. The van der Waals surface area contributed by atoms with Gasteiger partial charge in [-0.1, -0.05) is 35.9 Å². The van der Waals surface area contributed by atoms with Gasteiger partial charge in [-0.3, -0.25) is 4.90 Å². The average Bonchev–Trinajstić information content (AvgIpc) is 2.29. The second-order valence-electron chi connectivity index (χ2n) is 4.32. The molecule has 2 aromatic carbocycles. The zero-order valence-electron chi connectivity index (χ0n) is 9.70. The van der Waals surface area contributed by atoms with Crippen molar-refractivity contribution < 1.29 is 0 Å². The van der Waals surface area contributed by atoms with Gasteiger partial charge in [0.1, 0.15) is 0 Å². The van der Waals surface area contributed by atoms with E-state index in [1.165, 1.54) is 21.9 Å². The van der Waals surface area contributed by atoms with Crippen LogP contribution in [0.5, 0.6) is 0 Å². The Bertz CT molecular complexity index is 493. The number of rotatable bonds is 3. The monoisotopic (exact) mass is 233 g/mol. The van der Waals surface area contributed by atoms with Crippen LogP contribution >= 0.6 is 11.6 Å². The zero-order chi connectivity index (χ0) is 11.5. The Morgan fingerprint density at radius 2 is 1.75 bits per heavy atom. The number of hydrogen-bond donors (Lipinski definition) is 0. The number of hydrogen-bond acceptors (Lipinski definition) is 1. The Morgan fingerprint density at radius 3 is 2.50 bits per heavy atom. The van der Waals surface area contributed by atoms with E-state index in [1.807, 2.05) is 7.05 Å². The molecule has 0 amide bonds. The normalized spacial score (nSPS) is 11.2. The van der Waals surface area contributed by atoms with Crippen molar-refractivity contribution in [3.63, 3.8) is 0 Å². The van der Waals surface area contributed by atoms with Crippen LogP contribution in [0, 0.1) is 6.92 Å². The van der Waals surface area contributed by atoms with E-state index < -0.39 is 0 Å². The molecule has 2 aromatic rings. The molecule has 0 atom stereocenters. The summed E-state index contributed by atoms with van der Waals surface area (Å²) in [6.07, 6.45) is 0. The summed E-state index contributed by atoms with van der Waals surface area (Å²) >= 11 is 5.77. The maximum Gasteiger partial charge on any atom is 0.0738 e. The first-order chi connectivity index (χ1) is 7.69. The largest absolute Gasteiger partial charge is 0.289 e. The lowest BCUT2D eigenvalue weighted by Gasteiger charge is -2.13. The summed E-state index contributed by atoms with van der Waals surface area (Å²) in [7, 11) is 2.02. The predicted molar refractivity (Wildman–Crippen MR) is 70.9 cm³/mol. The van der Waals surface area contributed by atoms with Crippen LogP contribution in [-0.2, 0) is 6.54 Å². The summed E-state index contributed by atoms with van der Waals surface area (Å²) in [6, 6.07) is 13.7. The maximum absolute atomic E-state index is 5.77. The number of aryl methyl sites for hydroxylation is 1. The molecule has 0 saturated carbocycles. The summed E-state index contributed by atoms with van der Waals surface area (Å²) < 4.78 is 0. The molecule has 0 saturated heterocycles. The summed E-state index contributed by atoms with van der Waals surface area (Å²) in [5.74, 6) is 0. The van der Waals surface area contributed by atoms with Crippen LogP contribution in [0.3, 0.4) is 0 Å². The highest BCUT2D eigenvalue weighted by molar-refractivity contribution is 6.17. The van der Waals surface area contributed by atoms with E-state index in [4.69, 9.17) is 11.6 Å². The molecule has 0 spiro atoms. The second-order valence-corrected chi connectivity index (χ2v) is 4.56. The smallest absolute Gasteiger partial charge is 0.0738 e. The van der Waals surface area contributed by atoms with E-state index >= 15 is 0 Å². The minimum absolute atomic E-state index is 0.561. The van der Waals surface area contributed by atoms with Crippen molar-refractivity contribution in [2.45, 2.75) is 13.5 Å². The molecule has 0 radical (unpaired) electrons. The molecule has 2 heteroatoms. The minimum atomic E-state index is 0.561. The molecule has 0 aliphatic carbocycles. The first-order valence-corrected chi connectivity index (χ1v) is 5.96. The fourth-order valence-corrected chi connectivity index (χ4v) is 1.95. The number of nitrogens with zero attached hydrogens (tertiary/aromatic N) is 1. The molecule has 0 N–H and O–H groups in total. The van der Waals surface area contributed by atoms with Gasteiger partial charge >= 0.3 is 0 Å². The van der Waals surface area contributed by atoms with Crippen molar-refractivity contribution >= 4 is 22.4 Å². The molecule has 0 fully saturated rings. The molecule has 0 aliphatic rings. The number of fused-ring (bicyclic) bond motifs is 1. The van der Waals surface area contributed by atoms with E-state index in [9.17, 15) is 0 Å². The van der Waals surface area contributed by atoms with E-state index in [0.717, 1.165) is 6.54 Å². The highest BCUT2D eigenvalue weighted by Crippen LogP contribution is 2.18. The molecule has 0 aromatic heterocycles. The fraction of sp³-hybridized carbons (Fsp3) is 0.286. The molecular formula is C14H16ClN. The second kappa shape index (κ2) is 4.86. The molecule has 16 heavy (non-hydrogen) atoms. The number of alkyl halides is 1. The number of benzene rings is 2. The fourth-order valence-electron chi connectivity index (χ4n) is 1.87. The highest BCUT2D eigenvalue weighted by Gasteiger charge is 2.00. The van der Waals surface area contributed by atoms with Crippen LogP contribution in [0.2, 0.25) is 0 Å². The standard InChI is InChI=1S/C14H16ClN/c1-11-3-5-14-8-12(9-16(2)10-15)4-6-13(14)7-11/h3-8H,9-10H2,1-2H3. The number of halogens is 1. The Hall–Kier alpha value is -1.05. The van der Waals surface area contributed by atoms with Gasteiger partial charge in [-0.05, 0) is 36.4 Å². The minimum Gasteiger partial charge on any atom is -0.289 e. The third kappa shape index (κ3) is 2.55. The van der Waals surface area contributed by atoms with Crippen LogP contribution in [0.1, 0.15) is 11.1 Å². The Labute approximate surface area is 102 Å². The van der Waals surface area contributed by atoms with Crippen LogP contribution < -0.4 is 0 Å². The van der Waals surface area contributed by atoms with E-state index in [2.05, 4.69) is 48.2 Å². The van der Waals surface area contributed by atoms with Crippen molar-refractivity contribution in [3.8, 4) is 0 Å². The molecule has 0 bridgehead atoms. The van der Waals surface area contributed by atoms with Gasteiger partial charge in [0.2, 0.25) is 0 Å². The summed E-state index contributed by atoms with van der Waals surface area (Å²) in [5.41, 5.74) is 2.61. The van der Waals surface area contributed by atoms with Crippen molar-refractivity contribution in [2.75, 3.05) is 13.1 Å². The molecular weight excluding hydrogens is 218 g/mol. The van der Waals surface area contributed by atoms with Crippen molar-refractivity contribution in [2.24, 2.45) is 0 Å². The highest BCUT2D eigenvalue weighted by atomic mass is 35.5. The van der Waals surface area contributed by atoms with E-state index in [1.54, 1.807) is 0 Å². The Balaban J connectivity index is 2.33. The van der Waals surface area contributed by atoms with Gasteiger partial charge in [-0.15, -0.1) is 11.6 Å². The predicted octanol–water partition coefficient (Wildman–Crippen LogP) is 3.78. The molecule has 84 valence electrons. The molecule has 0 aliphatic heterocycles. The van der Waals surface area contributed by atoms with Gasteiger partial charge < -0.3 is 0 Å². The van der Waals surface area contributed by atoms with Gasteiger partial charge in [0.15, 0.2) is 0 Å². The van der Waals surface area contributed by atoms with Gasteiger partial charge in [0.25, 0.3) is 0 Å². The SMILES string of the molecule is Cc1ccc2cc(CN(C)CCl)ccc2c1. The summed E-state index contributed by atoms with van der Waals surface area (Å²) in [6.45, 7) is 3.02. The van der Waals surface area contributed by atoms with Crippen LogP contribution in [0.15, 0.2) is 36.4 Å². The van der Waals surface area contributed by atoms with Crippen molar-refractivity contribution in [3.05, 3.63) is 47.5 Å². The molecule has 0 heterocycles.